The van der Waals surface area contributed by atoms with Crippen molar-refractivity contribution >= 4 is 17.5 Å². The second-order valence-electron chi connectivity index (χ2n) is 4.90. The predicted octanol–water partition coefficient (Wildman–Crippen LogP) is 0.348. The van der Waals surface area contributed by atoms with Crippen molar-refractivity contribution in [1.29, 1.82) is 0 Å². The first-order chi connectivity index (χ1) is 9.62. The van der Waals surface area contributed by atoms with E-state index in [-0.39, 0.29) is 11.9 Å². The molecule has 1 fully saturated rings. The van der Waals surface area contributed by atoms with Crippen LogP contribution in [0.5, 0.6) is 0 Å². The van der Waals surface area contributed by atoms with Crippen LogP contribution in [-0.2, 0) is 11.2 Å². The molecule has 1 aliphatic heterocycles. The standard InChI is InChI=1S/C13H22N6O/c1-4-10-16-11(18-14)8(2)12(17-10)19-7-5-6-9(19)13(20)15-3/h9H,4-7,14H2,1-3H3,(H,15,20)(H,16,17,18). The average molecular weight is 278 g/mol. The van der Waals surface area contributed by atoms with Crippen LogP contribution in [-0.4, -0.2) is 35.5 Å². The number of hydrogen-bond donors (Lipinski definition) is 3. The number of hydrogen-bond acceptors (Lipinski definition) is 6. The SMILES string of the molecule is CCc1nc(NN)c(C)c(N2CCCC2C(=O)NC)n1. The zero-order chi connectivity index (χ0) is 14.7. The Morgan fingerprint density at radius 1 is 1.50 bits per heavy atom. The largest absolute Gasteiger partial charge is 0.357 e. The summed E-state index contributed by atoms with van der Waals surface area (Å²) in [4.78, 5) is 23.0. The number of anilines is 2. The van der Waals surface area contributed by atoms with E-state index < -0.39 is 0 Å². The maximum Gasteiger partial charge on any atom is 0.242 e. The molecule has 0 saturated carbocycles. The highest BCUT2D eigenvalue weighted by Crippen LogP contribution is 2.29. The second kappa shape index (κ2) is 6.04. The van der Waals surface area contributed by atoms with Crippen molar-refractivity contribution < 1.29 is 4.79 Å². The maximum atomic E-state index is 12.0. The molecular weight excluding hydrogens is 256 g/mol. The lowest BCUT2D eigenvalue weighted by atomic mass is 10.2. The number of carbonyl (C=O) groups excluding carboxylic acids is 1. The summed E-state index contributed by atoms with van der Waals surface area (Å²) < 4.78 is 0. The molecule has 7 heteroatoms. The summed E-state index contributed by atoms with van der Waals surface area (Å²) in [5.41, 5.74) is 3.49. The van der Waals surface area contributed by atoms with Gasteiger partial charge in [0.1, 0.15) is 23.5 Å². The fourth-order valence-electron chi connectivity index (χ4n) is 2.59. The van der Waals surface area contributed by atoms with Gasteiger partial charge in [0.2, 0.25) is 5.91 Å². The minimum Gasteiger partial charge on any atom is -0.357 e. The quantitative estimate of drug-likeness (QED) is 0.543. The number of nitrogen functional groups attached to an aromatic ring is 1. The van der Waals surface area contributed by atoms with E-state index in [1.165, 1.54) is 0 Å². The lowest BCUT2D eigenvalue weighted by molar-refractivity contribution is -0.121. The van der Waals surface area contributed by atoms with Crippen LogP contribution in [0.3, 0.4) is 0 Å². The van der Waals surface area contributed by atoms with Crippen molar-refractivity contribution in [2.45, 2.75) is 39.2 Å². The van der Waals surface area contributed by atoms with Crippen molar-refractivity contribution in [3.8, 4) is 0 Å². The Morgan fingerprint density at radius 3 is 2.85 bits per heavy atom. The molecule has 1 aromatic heterocycles. The summed E-state index contributed by atoms with van der Waals surface area (Å²) in [6.07, 6.45) is 2.55. The summed E-state index contributed by atoms with van der Waals surface area (Å²) in [7, 11) is 1.66. The first kappa shape index (κ1) is 14.5. The van der Waals surface area contributed by atoms with Crippen LogP contribution in [0.15, 0.2) is 0 Å². The molecule has 0 bridgehead atoms. The molecule has 2 heterocycles. The van der Waals surface area contributed by atoms with Gasteiger partial charge < -0.3 is 15.6 Å². The summed E-state index contributed by atoms with van der Waals surface area (Å²) in [5, 5.41) is 2.72. The molecule has 0 aromatic carbocycles. The number of nitrogens with one attached hydrogen (secondary N) is 2. The van der Waals surface area contributed by atoms with E-state index >= 15 is 0 Å². The number of hydrazine groups is 1. The van der Waals surface area contributed by atoms with Gasteiger partial charge in [0.15, 0.2) is 0 Å². The van der Waals surface area contributed by atoms with Crippen LogP contribution >= 0.6 is 0 Å². The second-order valence-corrected chi connectivity index (χ2v) is 4.90. The van der Waals surface area contributed by atoms with E-state index in [0.29, 0.717) is 5.82 Å². The normalized spacial score (nSPS) is 18.2. The third-order valence-electron chi connectivity index (χ3n) is 3.69. The van der Waals surface area contributed by atoms with Crippen LogP contribution in [0, 0.1) is 6.92 Å². The zero-order valence-electron chi connectivity index (χ0n) is 12.2. The molecule has 4 N–H and O–H groups in total. The number of aromatic nitrogens is 2. The van der Waals surface area contributed by atoms with Gasteiger partial charge in [-0.15, -0.1) is 0 Å². The Labute approximate surface area is 118 Å². The Morgan fingerprint density at radius 2 is 2.25 bits per heavy atom. The van der Waals surface area contributed by atoms with E-state index in [0.717, 1.165) is 43.0 Å². The Kier molecular flexibility index (Phi) is 4.39. The molecule has 110 valence electrons. The number of aryl methyl sites for hydroxylation is 1. The number of nitrogens with zero attached hydrogens (tertiary/aromatic N) is 3. The molecule has 1 unspecified atom stereocenters. The fraction of sp³-hybridized carbons (Fsp3) is 0.615. The lowest BCUT2D eigenvalue weighted by Gasteiger charge is -2.26. The van der Waals surface area contributed by atoms with Gasteiger partial charge in [-0.25, -0.2) is 15.8 Å². The highest BCUT2D eigenvalue weighted by Gasteiger charge is 2.32. The minimum absolute atomic E-state index is 0.0285. The van der Waals surface area contributed by atoms with Crippen molar-refractivity contribution in [3.05, 3.63) is 11.4 Å². The van der Waals surface area contributed by atoms with Gasteiger partial charge >= 0.3 is 0 Å². The van der Waals surface area contributed by atoms with Crippen molar-refractivity contribution in [2.75, 3.05) is 23.9 Å². The van der Waals surface area contributed by atoms with Crippen LogP contribution < -0.4 is 21.5 Å². The molecule has 0 radical (unpaired) electrons. The molecule has 20 heavy (non-hydrogen) atoms. The average Bonchev–Trinajstić information content (AvgIpc) is 2.96. The highest BCUT2D eigenvalue weighted by atomic mass is 16.2. The van der Waals surface area contributed by atoms with Gasteiger partial charge in [-0.1, -0.05) is 6.92 Å². The molecule has 1 aliphatic rings. The molecule has 2 rings (SSSR count). The van der Waals surface area contributed by atoms with Gasteiger partial charge in [-0.2, -0.15) is 0 Å². The van der Waals surface area contributed by atoms with E-state index in [4.69, 9.17) is 5.84 Å². The number of rotatable bonds is 4. The summed E-state index contributed by atoms with van der Waals surface area (Å²) >= 11 is 0. The topological polar surface area (TPSA) is 96.2 Å². The number of carbonyl (C=O) groups is 1. The van der Waals surface area contributed by atoms with Crippen molar-refractivity contribution in [2.24, 2.45) is 5.84 Å². The van der Waals surface area contributed by atoms with Crippen LogP contribution in [0.1, 0.15) is 31.2 Å². The molecule has 0 aliphatic carbocycles. The maximum absolute atomic E-state index is 12.0. The zero-order valence-corrected chi connectivity index (χ0v) is 12.2. The molecular formula is C13H22N6O. The fourth-order valence-corrected chi connectivity index (χ4v) is 2.59. The smallest absolute Gasteiger partial charge is 0.242 e. The minimum atomic E-state index is -0.163. The van der Waals surface area contributed by atoms with Crippen molar-refractivity contribution in [1.82, 2.24) is 15.3 Å². The summed E-state index contributed by atoms with van der Waals surface area (Å²) in [6, 6.07) is -0.163. The van der Waals surface area contributed by atoms with Gasteiger partial charge in [-0.3, -0.25) is 4.79 Å². The van der Waals surface area contributed by atoms with Crippen LogP contribution in [0.4, 0.5) is 11.6 Å². The molecule has 0 spiro atoms. The van der Waals surface area contributed by atoms with E-state index in [1.54, 1.807) is 7.05 Å². The van der Waals surface area contributed by atoms with Gasteiger partial charge in [-0.05, 0) is 19.8 Å². The van der Waals surface area contributed by atoms with Gasteiger partial charge in [0.05, 0.1) is 0 Å². The molecule has 1 saturated heterocycles. The number of amides is 1. The van der Waals surface area contributed by atoms with Gasteiger partial charge in [0.25, 0.3) is 0 Å². The molecule has 1 aromatic rings. The van der Waals surface area contributed by atoms with Gasteiger partial charge in [0, 0.05) is 25.6 Å². The predicted molar refractivity (Wildman–Crippen MR) is 78.4 cm³/mol. The molecule has 7 nitrogen and oxygen atoms in total. The van der Waals surface area contributed by atoms with E-state index in [2.05, 4.69) is 25.6 Å². The monoisotopic (exact) mass is 278 g/mol. The first-order valence-corrected chi connectivity index (χ1v) is 6.94. The summed E-state index contributed by atoms with van der Waals surface area (Å²) in [5.74, 6) is 7.70. The molecule has 1 amide bonds. The van der Waals surface area contributed by atoms with E-state index in [9.17, 15) is 4.79 Å². The Bertz CT molecular complexity index is 504. The third kappa shape index (κ3) is 2.53. The number of likely N-dealkylation sites (N-methyl/N-ethyl adjacent to an activating group) is 1. The highest BCUT2D eigenvalue weighted by molar-refractivity contribution is 5.85. The van der Waals surface area contributed by atoms with Crippen LogP contribution in [0.2, 0.25) is 0 Å². The lowest BCUT2D eigenvalue weighted by Crippen LogP contribution is -2.42. The third-order valence-corrected chi connectivity index (χ3v) is 3.69. The Hall–Kier alpha value is -1.89. The first-order valence-electron chi connectivity index (χ1n) is 6.94. The number of nitrogens with two attached hydrogens (primary N) is 1. The van der Waals surface area contributed by atoms with Crippen molar-refractivity contribution in [3.63, 3.8) is 0 Å². The molecule has 1 atom stereocenters. The van der Waals surface area contributed by atoms with Crippen LogP contribution in [0.25, 0.3) is 0 Å². The van der Waals surface area contributed by atoms with E-state index in [1.807, 2.05) is 13.8 Å². The summed E-state index contributed by atoms with van der Waals surface area (Å²) in [6.45, 7) is 4.74. The Balaban J connectivity index is 2.42.